The molecule has 29 heavy (non-hydrogen) atoms. The van der Waals surface area contributed by atoms with Crippen LogP contribution in [0.2, 0.25) is 0 Å². The van der Waals surface area contributed by atoms with E-state index in [2.05, 4.69) is 11.4 Å². The first kappa shape index (κ1) is 19.5. The van der Waals surface area contributed by atoms with Gasteiger partial charge in [0.1, 0.15) is 5.76 Å². The van der Waals surface area contributed by atoms with Gasteiger partial charge in [0.15, 0.2) is 0 Å². The standard InChI is InChI=1S/C23H24N2O3S/c26-22(12-11-20-5-3-15-29-20)25-13-1-4-18(16-25)23(27)24-19-9-7-17(8-10-19)21-6-2-14-28-21/h2-3,5-10,14-15,18H,1,4,11-13,16H2,(H,24,27)/t18-/m0/s1. The maximum Gasteiger partial charge on any atom is 0.229 e. The Bertz CT molecular complexity index is 933. The summed E-state index contributed by atoms with van der Waals surface area (Å²) in [5.41, 5.74) is 1.72. The van der Waals surface area contributed by atoms with Gasteiger partial charge in [-0.05, 0) is 67.1 Å². The average molecular weight is 409 g/mol. The second kappa shape index (κ2) is 9.09. The van der Waals surface area contributed by atoms with E-state index in [1.807, 2.05) is 52.7 Å². The second-order valence-corrected chi connectivity index (χ2v) is 8.33. The van der Waals surface area contributed by atoms with Gasteiger partial charge in [-0.3, -0.25) is 9.59 Å². The highest BCUT2D eigenvalue weighted by Crippen LogP contribution is 2.24. The van der Waals surface area contributed by atoms with Crippen molar-refractivity contribution >= 4 is 28.8 Å². The highest BCUT2D eigenvalue weighted by molar-refractivity contribution is 7.09. The summed E-state index contributed by atoms with van der Waals surface area (Å²) in [4.78, 5) is 28.4. The molecule has 3 heterocycles. The van der Waals surface area contributed by atoms with Crippen LogP contribution in [0.5, 0.6) is 0 Å². The van der Waals surface area contributed by atoms with E-state index < -0.39 is 0 Å². The van der Waals surface area contributed by atoms with E-state index in [1.165, 1.54) is 4.88 Å². The number of hydrogen-bond acceptors (Lipinski definition) is 4. The first-order valence-electron chi connectivity index (χ1n) is 9.94. The molecule has 0 radical (unpaired) electrons. The number of carbonyl (C=O) groups excluding carboxylic acids is 2. The van der Waals surface area contributed by atoms with Gasteiger partial charge in [0.2, 0.25) is 11.8 Å². The van der Waals surface area contributed by atoms with Crippen LogP contribution in [-0.4, -0.2) is 29.8 Å². The molecule has 1 aliphatic heterocycles. The van der Waals surface area contributed by atoms with E-state index >= 15 is 0 Å². The number of furan rings is 1. The smallest absolute Gasteiger partial charge is 0.229 e. The molecule has 6 heteroatoms. The van der Waals surface area contributed by atoms with Crippen LogP contribution in [0.3, 0.4) is 0 Å². The summed E-state index contributed by atoms with van der Waals surface area (Å²) >= 11 is 1.68. The van der Waals surface area contributed by atoms with E-state index in [0.29, 0.717) is 13.0 Å². The number of amides is 2. The van der Waals surface area contributed by atoms with Crippen LogP contribution in [0.25, 0.3) is 11.3 Å². The molecule has 0 bridgehead atoms. The highest BCUT2D eigenvalue weighted by atomic mass is 32.1. The maximum atomic E-state index is 12.7. The van der Waals surface area contributed by atoms with Crippen molar-refractivity contribution in [2.45, 2.75) is 25.7 Å². The summed E-state index contributed by atoms with van der Waals surface area (Å²) < 4.78 is 5.39. The predicted octanol–water partition coefficient (Wildman–Crippen LogP) is 4.82. The Labute approximate surface area is 174 Å². The molecule has 4 rings (SSSR count). The second-order valence-electron chi connectivity index (χ2n) is 7.30. The van der Waals surface area contributed by atoms with E-state index in [-0.39, 0.29) is 17.7 Å². The van der Waals surface area contributed by atoms with Crippen molar-refractivity contribution in [2.75, 3.05) is 18.4 Å². The molecular formula is C23H24N2O3S. The average Bonchev–Trinajstić information content (AvgIpc) is 3.47. The van der Waals surface area contributed by atoms with Crippen LogP contribution in [-0.2, 0) is 16.0 Å². The Kier molecular flexibility index (Phi) is 6.10. The largest absolute Gasteiger partial charge is 0.464 e. The predicted molar refractivity (Wildman–Crippen MR) is 115 cm³/mol. The zero-order valence-corrected chi connectivity index (χ0v) is 17.0. The topological polar surface area (TPSA) is 62.6 Å². The van der Waals surface area contributed by atoms with Gasteiger partial charge >= 0.3 is 0 Å². The molecule has 1 aromatic carbocycles. The molecular weight excluding hydrogens is 384 g/mol. The molecule has 0 aliphatic carbocycles. The normalized spacial score (nSPS) is 16.6. The van der Waals surface area contributed by atoms with Crippen molar-refractivity contribution in [1.82, 2.24) is 4.90 Å². The van der Waals surface area contributed by atoms with Gasteiger partial charge in [0.05, 0.1) is 12.2 Å². The summed E-state index contributed by atoms with van der Waals surface area (Å²) in [6, 6.07) is 15.4. The van der Waals surface area contributed by atoms with Crippen LogP contribution in [0.1, 0.15) is 24.1 Å². The SMILES string of the molecule is O=C(Nc1ccc(-c2ccco2)cc1)[C@H]1CCCN(C(=O)CCc2cccs2)C1. The number of piperidine rings is 1. The Morgan fingerprint density at radius 2 is 2.00 bits per heavy atom. The summed E-state index contributed by atoms with van der Waals surface area (Å²) in [6.45, 7) is 1.24. The van der Waals surface area contributed by atoms with E-state index in [4.69, 9.17) is 4.42 Å². The molecule has 1 atom stereocenters. The molecule has 1 fully saturated rings. The fourth-order valence-electron chi connectivity index (χ4n) is 3.67. The lowest BCUT2D eigenvalue weighted by Gasteiger charge is -2.32. The molecule has 5 nitrogen and oxygen atoms in total. The zero-order chi connectivity index (χ0) is 20.1. The first-order chi connectivity index (χ1) is 14.2. The Morgan fingerprint density at radius 3 is 2.72 bits per heavy atom. The zero-order valence-electron chi connectivity index (χ0n) is 16.2. The quantitative estimate of drug-likeness (QED) is 0.636. The number of rotatable bonds is 6. The lowest BCUT2D eigenvalue weighted by molar-refractivity contribution is -0.134. The van der Waals surface area contributed by atoms with Crippen molar-refractivity contribution in [1.29, 1.82) is 0 Å². The van der Waals surface area contributed by atoms with Gasteiger partial charge < -0.3 is 14.6 Å². The van der Waals surface area contributed by atoms with Crippen LogP contribution in [0.4, 0.5) is 5.69 Å². The lowest BCUT2D eigenvalue weighted by Crippen LogP contribution is -2.43. The number of benzene rings is 1. The number of thiophene rings is 1. The first-order valence-corrected chi connectivity index (χ1v) is 10.8. The third-order valence-corrected chi connectivity index (χ3v) is 6.20. The molecule has 1 N–H and O–H groups in total. The molecule has 2 amide bonds. The molecule has 0 spiro atoms. The summed E-state index contributed by atoms with van der Waals surface area (Å²) in [6.07, 6.45) is 4.59. The third-order valence-electron chi connectivity index (χ3n) is 5.27. The van der Waals surface area contributed by atoms with Gasteiger partial charge in [0, 0.05) is 35.6 Å². The van der Waals surface area contributed by atoms with E-state index in [1.54, 1.807) is 17.6 Å². The van der Waals surface area contributed by atoms with Crippen molar-refractivity contribution in [2.24, 2.45) is 5.92 Å². The molecule has 1 aliphatic rings. The van der Waals surface area contributed by atoms with E-state index in [0.717, 1.165) is 42.8 Å². The maximum absolute atomic E-state index is 12.7. The highest BCUT2D eigenvalue weighted by Gasteiger charge is 2.28. The van der Waals surface area contributed by atoms with Crippen LogP contribution < -0.4 is 5.32 Å². The minimum atomic E-state index is -0.167. The monoisotopic (exact) mass is 408 g/mol. The van der Waals surface area contributed by atoms with Crippen molar-refractivity contribution in [3.05, 3.63) is 65.1 Å². The van der Waals surface area contributed by atoms with E-state index in [9.17, 15) is 9.59 Å². The summed E-state index contributed by atoms with van der Waals surface area (Å²) in [5, 5.41) is 5.02. The Balaban J connectivity index is 1.30. The van der Waals surface area contributed by atoms with Crippen LogP contribution >= 0.6 is 11.3 Å². The van der Waals surface area contributed by atoms with Gasteiger partial charge in [-0.15, -0.1) is 11.3 Å². The fourth-order valence-corrected chi connectivity index (χ4v) is 4.37. The van der Waals surface area contributed by atoms with Crippen molar-refractivity contribution in [3.8, 4) is 11.3 Å². The van der Waals surface area contributed by atoms with Crippen molar-refractivity contribution < 1.29 is 14.0 Å². The third kappa shape index (κ3) is 4.95. The Morgan fingerprint density at radius 1 is 1.14 bits per heavy atom. The Hall–Kier alpha value is -2.86. The molecule has 3 aromatic rings. The number of hydrogen-bond donors (Lipinski definition) is 1. The minimum absolute atomic E-state index is 0.0218. The number of anilines is 1. The van der Waals surface area contributed by atoms with Crippen LogP contribution in [0.15, 0.2) is 64.6 Å². The summed E-state index contributed by atoms with van der Waals surface area (Å²) in [5.74, 6) is 0.747. The van der Waals surface area contributed by atoms with Gasteiger partial charge in [-0.25, -0.2) is 0 Å². The number of likely N-dealkylation sites (tertiary alicyclic amines) is 1. The molecule has 0 saturated carbocycles. The number of nitrogens with one attached hydrogen (secondary N) is 1. The van der Waals surface area contributed by atoms with Gasteiger partial charge in [-0.2, -0.15) is 0 Å². The van der Waals surface area contributed by atoms with Crippen molar-refractivity contribution in [3.63, 3.8) is 0 Å². The number of nitrogens with zero attached hydrogens (tertiary/aromatic N) is 1. The van der Waals surface area contributed by atoms with Crippen LogP contribution in [0, 0.1) is 5.92 Å². The molecule has 1 saturated heterocycles. The molecule has 0 unspecified atom stereocenters. The number of aryl methyl sites for hydroxylation is 1. The van der Waals surface area contributed by atoms with Gasteiger partial charge in [-0.1, -0.05) is 6.07 Å². The summed E-state index contributed by atoms with van der Waals surface area (Å²) in [7, 11) is 0. The minimum Gasteiger partial charge on any atom is -0.464 e. The lowest BCUT2D eigenvalue weighted by atomic mass is 9.96. The van der Waals surface area contributed by atoms with Gasteiger partial charge in [0.25, 0.3) is 0 Å². The molecule has 2 aromatic heterocycles. The fraction of sp³-hybridized carbons (Fsp3) is 0.304. The number of carbonyl (C=O) groups is 2. The molecule has 150 valence electrons.